The lowest BCUT2D eigenvalue weighted by atomic mass is 9.85. The summed E-state index contributed by atoms with van der Waals surface area (Å²) in [7, 11) is 0. The molecule has 1 aliphatic rings. The number of hydrogen-bond acceptors (Lipinski definition) is 3. The first-order valence-corrected chi connectivity index (χ1v) is 5.66. The number of nitro benzene ring substituents is 1. The summed E-state index contributed by atoms with van der Waals surface area (Å²) in [5.41, 5.74) is 1.86. The number of aryl methyl sites for hydroxylation is 1. The van der Waals surface area contributed by atoms with Crippen molar-refractivity contribution >= 4 is 11.4 Å². The van der Waals surface area contributed by atoms with Gasteiger partial charge in [0.25, 0.3) is 5.69 Å². The highest BCUT2D eigenvalue weighted by Gasteiger charge is 2.19. The summed E-state index contributed by atoms with van der Waals surface area (Å²) < 4.78 is 0. The normalized spacial score (nSPS) is 15.6. The molecular formula is C12H16N2O2. The Kier molecular flexibility index (Phi) is 3.08. The van der Waals surface area contributed by atoms with Crippen molar-refractivity contribution in [3.8, 4) is 0 Å². The molecule has 1 aromatic rings. The van der Waals surface area contributed by atoms with E-state index < -0.39 is 0 Å². The molecule has 4 heteroatoms. The summed E-state index contributed by atoms with van der Waals surface area (Å²) >= 11 is 0. The smallest absolute Gasteiger partial charge is 0.292 e. The van der Waals surface area contributed by atoms with Crippen molar-refractivity contribution in [1.29, 1.82) is 0 Å². The Balaban J connectivity index is 2.09. The molecule has 0 unspecified atom stereocenters. The second-order valence-corrected chi connectivity index (χ2v) is 4.46. The number of rotatable bonds is 4. The summed E-state index contributed by atoms with van der Waals surface area (Å²) in [5, 5.41) is 14.0. The second-order valence-electron chi connectivity index (χ2n) is 4.46. The molecule has 0 spiro atoms. The third kappa shape index (κ3) is 2.32. The fraction of sp³-hybridized carbons (Fsp3) is 0.500. The van der Waals surface area contributed by atoms with Gasteiger partial charge in [0.1, 0.15) is 5.69 Å². The van der Waals surface area contributed by atoms with Crippen LogP contribution in [0.25, 0.3) is 0 Å². The average molecular weight is 220 g/mol. The molecule has 1 N–H and O–H groups in total. The maximum absolute atomic E-state index is 10.8. The lowest BCUT2D eigenvalue weighted by Crippen LogP contribution is -2.21. The zero-order valence-electron chi connectivity index (χ0n) is 9.40. The van der Waals surface area contributed by atoms with Crippen molar-refractivity contribution in [1.82, 2.24) is 0 Å². The number of nitro groups is 1. The van der Waals surface area contributed by atoms with Crippen LogP contribution in [-0.2, 0) is 0 Å². The maximum Gasteiger partial charge on any atom is 0.292 e. The molecule has 0 radical (unpaired) electrons. The van der Waals surface area contributed by atoms with E-state index in [1.54, 1.807) is 12.1 Å². The Bertz CT molecular complexity index is 400. The number of benzene rings is 1. The molecule has 0 aromatic heterocycles. The highest BCUT2D eigenvalue weighted by Crippen LogP contribution is 2.29. The van der Waals surface area contributed by atoms with Gasteiger partial charge in [0.15, 0.2) is 0 Å². The van der Waals surface area contributed by atoms with Gasteiger partial charge in [0.05, 0.1) is 4.92 Å². The van der Waals surface area contributed by atoms with Crippen LogP contribution >= 0.6 is 0 Å². The molecule has 16 heavy (non-hydrogen) atoms. The second kappa shape index (κ2) is 4.51. The van der Waals surface area contributed by atoms with Gasteiger partial charge in [0.2, 0.25) is 0 Å². The highest BCUT2D eigenvalue weighted by molar-refractivity contribution is 5.62. The standard InChI is InChI=1S/C12H16N2O2/c1-9-5-6-12(14(15)16)11(7-9)13-8-10-3-2-4-10/h5-7,10,13H,2-4,8H2,1H3. The van der Waals surface area contributed by atoms with Crippen LogP contribution in [0.2, 0.25) is 0 Å². The maximum atomic E-state index is 10.8. The van der Waals surface area contributed by atoms with Gasteiger partial charge in [-0.15, -0.1) is 0 Å². The van der Waals surface area contributed by atoms with Gasteiger partial charge in [-0.05, 0) is 37.3 Å². The number of nitrogens with zero attached hydrogens (tertiary/aromatic N) is 1. The molecule has 0 aliphatic heterocycles. The average Bonchev–Trinajstić information content (AvgIpc) is 2.14. The van der Waals surface area contributed by atoms with Crippen molar-refractivity contribution in [3.63, 3.8) is 0 Å². The molecule has 0 saturated heterocycles. The van der Waals surface area contributed by atoms with Crippen LogP contribution in [0.15, 0.2) is 18.2 Å². The quantitative estimate of drug-likeness (QED) is 0.626. The van der Waals surface area contributed by atoms with E-state index in [1.165, 1.54) is 19.3 Å². The molecule has 0 bridgehead atoms. The van der Waals surface area contributed by atoms with Crippen LogP contribution in [-0.4, -0.2) is 11.5 Å². The predicted molar refractivity (Wildman–Crippen MR) is 63.7 cm³/mol. The Morgan fingerprint density at radius 3 is 2.81 bits per heavy atom. The molecule has 1 saturated carbocycles. The number of nitrogens with one attached hydrogen (secondary N) is 1. The summed E-state index contributed by atoms with van der Waals surface area (Å²) in [5.74, 6) is 0.695. The van der Waals surface area contributed by atoms with Crippen LogP contribution in [0, 0.1) is 23.0 Å². The van der Waals surface area contributed by atoms with Gasteiger partial charge in [-0.1, -0.05) is 12.5 Å². The third-order valence-electron chi connectivity index (χ3n) is 3.15. The van der Waals surface area contributed by atoms with Crippen LogP contribution in [0.1, 0.15) is 24.8 Å². The van der Waals surface area contributed by atoms with E-state index in [0.717, 1.165) is 12.1 Å². The fourth-order valence-corrected chi connectivity index (χ4v) is 1.90. The Morgan fingerprint density at radius 1 is 1.50 bits per heavy atom. The molecule has 0 atom stereocenters. The van der Waals surface area contributed by atoms with Crippen molar-refractivity contribution < 1.29 is 4.92 Å². The Labute approximate surface area is 94.8 Å². The monoisotopic (exact) mass is 220 g/mol. The number of hydrogen-bond donors (Lipinski definition) is 1. The van der Waals surface area contributed by atoms with Gasteiger partial charge >= 0.3 is 0 Å². The first-order valence-electron chi connectivity index (χ1n) is 5.66. The summed E-state index contributed by atoms with van der Waals surface area (Å²) in [6.07, 6.45) is 3.78. The van der Waals surface area contributed by atoms with E-state index in [-0.39, 0.29) is 10.6 Å². The first kappa shape index (κ1) is 10.9. The van der Waals surface area contributed by atoms with Gasteiger partial charge in [0, 0.05) is 12.6 Å². The van der Waals surface area contributed by atoms with Gasteiger partial charge in [-0.25, -0.2) is 0 Å². The molecular weight excluding hydrogens is 204 g/mol. The van der Waals surface area contributed by atoms with E-state index in [2.05, 4.69) is 5.32 Å². The van der Waals surface area contributed by atoms with Gasteiger partial charge < -0.3 is 5.32 Å². The van der Waals surface area contributed by atoms with Crippen molar-refractivity contribution in [3.05, 3.63) is 33.9 Å². The molecule has 1 aromatic carbocycles. The van der Waals surface area contributed by atoms with E-state index in [0.29, 0.717) is 11.6 Å². The molecule has 4 nitrogen and oxygen atoms in total. The Morgan fingerprint density at radius 2 is 2.25 bits per heavy atom. The van der Waals surface area contributed by atoms with Crippen LogP contribution in [0.3, 0.4) is 0 Å². The molecule has 0 amide bonds. The minimum Gasteiger partial charge on any atom is -0.379 e. The minimum atomic E-state index is -0.331. The molecule has 86 valence electrons. The zero-order chi connectivity index (χ0) is 11.5. The van der Waals surface area contributed by atoms with Crippen LogP contribution in [0.4, 0.5) is 11.4 Å². The van der Waals surface area contributed by atoms with E-state index in [9.17, 15) is 10.1 Å². The van der Waals surface area contributed by atoms with Crippen molar-refractivity contribution in [2.75, 3.05) is 11.9 Å². The Hall–Kier alpha value is -1.58. The lowest BCUT2D eigenvalue weighted by molar-refractivity contribution is -0.384. The first-order chi connectivity index (χ1) is 7.66. The van der Waals surface area contributed by atoms with Crippen LogP contribution in [0.5, 0.6) is 0 Å². The molecule has 2 rings (SSSR count). The summed E-state index contributed by atoms with van der Waals surface area (Å²) in [4.78, 5) is 10.5. The summed E-state index contributed by atoms with van der Waals surface area (Å²) in [6.45, 7) is 2.79. The van der Waals surface area contributed by atoms with Crippen LogP contribution < -0.4 is 5.32 Å². The van der Waals surface area contributed by atoms with Gasteiger partial charge in [-0.3, -0.25) is 10.1 Å². The molecule has 1 aliphatic carbocycles. The largest absolute Gasteiger partial charge is 0.379 e. The highest BCUT2D eigenvalue weighted by atomic mass is 16.6. The summed E-state index contributed by atoms with van der Waals surface area (Å²) in [6, 6.07) is 5.18. The SMILES string of the molecule is Cc1ccc([N+](=O)[O-])c(NCC2CCC2)c1. The van der Waals surface area contributed by atoms with Crippen molar-refractivity contribution in [2.24, 2.45) is 5.92 Å². The number of anilines is 1. The molecule has 1 fully saturated rings. The van der Waals surface area contributed by atoms with E-state index >= 15 is 0 Å². The topological polar surface area (TPSA) is 55.2 Å². The van der Waals surface area contributed by atoms with Gasteiger partial charge in [-0.2, -0.15) is 0 Å². The minimum absolute atomic E-state index is 0.171. The van der Waals surface area contributed by atoms with Crippen molar-refractivity contribution in [2.45, 2.75) is 26.2 Å². The molecule has 0 heterocycles. The zero-order valence-corrected chi connectivity index (χ0v) is 9.40. The van der Waals surface area contributed by atoms with E-state index in [1.807, 2.05) is 13.0 Å². The van der Waals surface area contributed by atoms with E-state index in [4.69, 9.17) is 0 Å². The lowest BCUT2D eigenvalue weighted by Gasteiger charge is -2.25. The predicted octanol–water partition coefficient (Wildman–Crippen LogP) is 3.12. The fourth-order valence-electron chi connectivity index (χ4n) is 1.90. The third-order valence-corrected chi connectivity index (χ3v) is 3.15.